The summed E-state index contributed by atoms with van der Waals surface area (Å²) >= 11 is 1.41. The van der Waals surface area contributed by atoms with Crippen molar-refractivity contribution < 1.29 is 9.53 Å². The highest BCUT2D eigenvalue weighted by Gasteiger charge is 2.33. The Morgan fingerprint density at radius 2 is 2.04 bits per heavy atom. The first-order valence-electron chi connectivity index (χ1n) is 9.36. The SMILES string of the molecule is O=C(c1cncs1)N(Cc1ccc(OCC2CC=CCC2)cc1)C1CC1. The number of carbonyl (C=O) groups excluding carboxylic acids is 1. The van der Waals surface area contributed by atoms with Crippen molar-refractivity contribution in [3.63, 3.8) is 0 Å². The van der Waals surface area contributed by atoms with Gasteiger partial charge in [0.05, 0.1) is 18.3 Å². The fourth-order valence-electron chi connectivity index (χ4n) is 3.33. The van der Waals surface area contributed by atoms with Gasteiger partial charge in [0.2, 0.25) is 0 Å². The van der Waals surface area contributed by atoms with Gasteiger partial charge in [-0.1, -0.05) is 24.3 Å². The maximum Gasteiger partial charge on any atom is 0.266 e. The molecule has 1 atom stereocenters. The minimum absolute atomic E-state index is 0.0979. The number of hydrogen-bond donors (Lipinski definition) is 0. The van der Waals surface area contributed by atoms with Gasteiger partial charge >= 0.3 is 0 Å². The summed E-state index contributed by atoms with van der Waals surface area (Å²) in [4.78, 5) is 19.4. The summed E-state index contributed by atoms with van der Waals surface area (Å²) in [6.07, 6.45) is 11.9. The van der Waals surface area contributed by atoms with Crippen LogP contribution in [0.25, 0.3) is 0 Å². The van der Waals surface area contributed by atoms with Crippen LogP contribution in [0.5, 0.6) is 5.75 Å². The number of carbonyl (C=O) groups is 1. The van der Waals surface area contributed by atoms with Gasteiger partial charge in [-0.25, -0.2) is 0 Å². The second-order valence-corrected chi connectivity index (χ2v) is 8.02. The molecule has 1 heterocycles. The monoisotopic (exact) mass is 368 g/mol. The summed E-state index contributed by atoms with van der Waals surface area (Å²) in [5.74, 6) is 1.64. The molecule has 1 saturated carbocycles. The number of nitrogens with zero attached hydrogens (tertiary/aromatic N) is 2. The quantitative estimate of drug-likeness (QED) is 0.666. The molecule has 0 bridgehead atoms. The van der Waals surface area contributed by atoms with Crippen molar-refractivity contribution >= 4 is 17.2 Å². The first-order chi connectivity index (χ1) is 12.8. The van der Waals surface area contributed by atoms with E-state index in [0.29, 0.717) is 18.5 Å². The van der Waals surface area contributed by atoms with E-state index in [-0.39, 0.29) is 5.91 Å². The van der Waals surface area contributed by atoms with E-state index in [4.69, 9.17) is 4.74 Å². The third-order valence-corrected chi connectivity index (χ3v) is 5.79. The first kappa shape index (κ1) is 17.3. The van der Waals surface area contributed by atoms with Gasteiger partial charge in [0.25, 0.3) is 5.91 Å². The Labute approximate surface area is 158 Å². The predicted molar refractivity (Wildman–Crippen MR) is 103 cm³/mol. The molecular weight excluding hydrogens is 344 g/mol. The highest BCUT2D eigenvalue weighted by molar-refractivity contribution is 7.11. The average molecular weight is 369 g/mol. The summed E-state index contributed by atoms with van der Waals surface area (Å²) in [6, 6.07) is 8.57. The van der Waals surface area contributed by atoms with E-state index in [1.807, 2.05) is 17.0 Å². The average Bonchev–Trinajstić information content (AvgIpc) is 3.38. The molecule has 5 heteroatoms. The lowest BCUT2D eigenvalue weighted by atomic mass is 9.95. The van der Waals surface area contributed by atoms with Crippen molar-refractivity contribution in [2.45, 2.75) is 44.7 Å². The van der Waals surface area contributed by atoms with Gasteiger partial charge in [-0.3, -0.25) is 9.78 Å². The number of amides is 1. The maximum atomic E-state index is 12.7. The first-order valence-corrected chi connectivity index (χ1v) is 10.2. The number of ether oxygens (including phenoxy) is 1. The van der Waals surface area contributed by atoms with Crippen molar-refractivity contribution in [1.82, 2.24) is 9.88 Å². The number of hydrogen-bond acceptors (Lipinski definition) is 4. The second-order valence-electron chi connectivity index (χ2n) is 7.14. The van der Waals surface area contributed by atoms with Crippen molar-refractivity contribution in [3.8, 4) is 5.75 Å². The van der Waals surface area contributed by atoms with Crippen LogP contribution < -0.4 is 4.74 Å². The number of rotatable bonds is 7. The van der Waals surface area contributed by atoms with Crippen LogP contribution in [0.1, 0.15) is 47.3 Å². The van der Waals surface area contributed by atoms with E-state index < -0.39 is 0 Å². The smallest absolute Gasteiger partial charge is 0.266 e. The Hall–Kier alpha value is -2.14. The van der Waals surface area contributed by atoms with Crippen LogP contribution in [0.4, 0.5) is 0 Å². The van der Waals surface area contributed by atoms with E-state index in [0.717, 1.165) is 48.5 Å². The number of aromatic nitrogens is 1. The minimum atomic E-state index is 0.0979. The van der Waals surface area contributed by atoms with E-state index in [1.165, 1.54) is 17.8 Å². The van der Waals surface area contributed by atoms with Gasteiger partial charge < -0.3 is 9.64 Å². The van der Waals surface area contributed by atoms with Gasteiger partial charge in [0.1, 0.15) is 10.6 Å². The third kappa shape index (κ3) is 4.33. The molecule has 0 saturated heterocycles. The molecule has 0 radical (unpaired) electrons. The molecule has 26 heavy (non-hydrogen) atoms. The lowest BCUT2D eigenvalue weighted by Crippen LogP contribution is -2.32. The minimum Gasteiger partial charge on any atom is -0.493 e. The van der Waals surface area contributed by atoms with Crippen molar-refractivity contribution in [2.75, 3.05) is 6.61 Å². The highest BCUT2D eigenvalue weighted by Crippen LogP contribution is 2.30. The Balaban J connectivity index is 1.35. The summed E-state index contributed by atoms with van der Waals surface area (Å²) in [5.41, 5.74) is 2.86. The zero-order valence-electron chi connectivity index (χ0n) is 14.8. The molecule has 2 aromatic rings. The summed E-state index contributed by atoms with van der Waals surface area (Å²) in [6.45, 7) is 1.43. The van der Waals surface area contributed by atoms with Crippen molar-refractivity contribution in [3.05, 3.63) is 58.6 Å². The van der Waals surface area contributed by atoms with Gasteiger partial charge in [-0.2, -0.15) is 0 Å². The molecule has 0 aliphatic heterocycles. The van der Waals surface area contributed by atoms with Gasteiger partial charge in [0.15, 0.2) is 0 Å². The molecule has 1 unspecified atom stereocenters. The molecule has 2 aliphatic carbocycles. The van der Waals surface area contributed by atoms with E-state index in [2.05, 4.69) is 29.3 Å². The Morgan fingerprint density at radius 3 is 2.69 bits per heavy atom. The fraction of sp³-hybridized carbons (Fsp3) is 0.429. The third-order valence-electron chi connectivity index (χ3n) is 5.03. The van der Waals surface area contributed by atoms with Crippen LogP contribution in [0.3, 0.4) is 0 Å². The summed E-state index contributed by atoms with van der Waals surface area (Å²) < 4.78 is 5.95. The fourth-order valence-corrected chi connectivity index (χ4v) is 3.90. The highest BCUT2D eigenvalue weighted by atomic mass is 32.1. The number of thiazole rings is 1. The van der Waals surface area contributed by atoms with Gasteiger partial charge in [-0.05, 0) is 55.7 Å². The molecule has 0 N–H and O–H groups in total. The van der Waals surface area contributed by atoms with Crippen molar-refractivity contribution in [2.24, 2.45) is 5.92 Å². The molecule has 4 nitrogen and oxygen atoms in total. The summed E-state index contributed by atoms with van der Waals surface area (Å²) in [7, 11) is 0. The molecular formula is C21H24N2O2S. The Kier molecular flexibility index (Phi) is 5.34. The standard InChI is InChI=1S/C21H24N2O2S/c24-21(20-12-22-15-26-20)23(18-8-9-18)13-16-6-10-19(11-7-16)25-14-17-4-2-1-3-5-17/h1-2,6-7,10-12,15,17-18H,3-5,8-9,13-14H2. The Morgan fingerprint density at radius 1 is 1.19 bits per heavy atom. The molecule has 1 aromatic carbocycles. The lowest BCUT2D eigenvalue weighted by Gasteiger charge is -2.22. The predicted octanol–water partition coefficient (Wildman–Crippen LogP) is 4.68. The van der Waals surface area contributed by atoms with Crippen LogP contribution in [0, 0.1) is 5.92 Å². The molecule has 1 fully saturated rings. The largest absolute Gasteiger partial charge is 0.493 e. The molecule has 0 spiro atoms. The van der Waals surface area contributed by atoms with Crippen LogP contribution in [-0.4, -0.2) is 28.4 Å². The van der Waals surface area contributed by atoms with Crippen molar-refractivity contribution in [1.29, 1.82) is 0 Å². The van der Waals surface area contributed by atoms with Crippen LogP contribution in [0.15, 0.2) is 48.1 Å². The molecule has 4 rings (SSSR count). The van der Waals surface area contributed by atoms with Crippen LogP contribution >= 0.6 is 11.3 Å². The molecule has 1 aromatic heterocycles. The zero-order valence-corrected chi connectivity index (χ0v) is 15.7. The van der Waals surface area contributed by atoms with Gasteiger partial charge in [0, 0.05) is 12.6 Å². The Bertz CT molecular complexity index is 751. The van der Waals surface area contributed by atoms with Gasteiger partial charge in [-0.15, -0.1) is 11.3 Å². The zero-order chi connectivity index (χ0) is 17.8. The molecule has 2 aliphatic rings. The second kappa shape index (κ2) is 8.04. The molecule has 136 valence electrons. The summed E-state index contributed by atoms with van der Waals surface area (Å²) in [5, 5.41) is 0. The van der Waals surface area contributed by atoms with Crippen LogP contribution in [0.2, 0.25) is 0 Å². The van der Waals surface area contributed by atoms with E-state index in [1.54, 1.807) is 11.7 Å². The lowest BCUT2D eigenvalue weighted by molar-refractivity contribution is 0.0734. The van der Waals surface area contributed by atoms with Crippen LogP contribution in [-0.2, 0) is 6.54 Å². The normalized spacial score (nSPS) is 19.3. The number of benzene rings is 1. The van der Waals surface area contributed by atoms with E-state index in [9.17, 15) is 4.79 Å². The topological polar surface area (TPSA) is 42.4 Å². The molecule has 1 amide bonds. The maximum absolute atomic E-state index is 12.7. The van der Waals surface area contributed by atoms with E-state index >= 15 is 0 Å². The number of allylic oxidation sites excluding steroid dienone is 2.